The van der Waals surface area contributed by atoms with Gasteiger partial charge in [-0.2, -0.15) is 0 Å². The van der Waals surface area contributed by atoms with E-state index in [-0.39, 0.29) is 35.2 Å². The number of carbonyl (C=O) groups excluding carboxylic acids is 2. The molecule has 5 heteroatoms. The minimum absolute atomic E-state index is 0. The fraction of sp³-hybridized carbons (Fsp3) is 0.750. The summed E-state index contributed by atoms with van der Waals surface area (Å²) in [6.07, 6.45) is 2.73. The molecule has 4 nitrogen and oxygen atoms in total. The van der Waals surface area contributed by atoms with Gasteiger partial charge in [0.1, 0.15) is 0 Å². The maximum absolute atomic E-state index is 9.92. The minimum Gasteiger partial charge on any atom is -0.550 e. The van der Waals surface area contributed by atoms with Gasteiger partial charge < -0.3 is 19.8 Å². The largest absolute Gasteiger partial charge is 0.550 e. The van der Waals surface area contributed by atoms with E-state index >= 15 is 0 Å². The topological polar surface area (TPSA) is 80.3 Å². The monoisotopic (exact) mass is 279 g/mol. The van der Waals surface area contributed by atoms with Crippen molar-refractivity contribution in [3.63, 3.8) is 0 Å². The first-order valence-corrected chi connectivity index (χ1v) is 4.02. The van der Waals surface area contributed by atoms with E-state index < -0.39 is 11.9 Å². The van der Waals surface area contributed by atoms with Crippen LogP contribution in [-0.2, 0) is 32.0 Å². The van der Waals surface area contributed by atoms with Gasteiger partial charge in [0.2, 0.25) is 0 Å². The van der Waals surface area contributed by atoms with E-state index in [1.165, 1.54) is 0 Å². The van der Waals surface area contributed by atoms with E-state index in [1.54, 1.807) is 0 Å². The maximum atomic E-state index is 9.92. The first-order valence-electron chi connectivity index (χ1n) is 4.02. The van der Waals surface area contributed by atoms with Crippen LogP contribution in [-0.4, -0.2) is 11.9 Å². The Labute approximate surface area is 92.8 Å². The van der Waals surface area contributed by atoms with Gasteiger partial charge in [0, 0.05) is 34.3 Å². The number of carboxylic acid groups (broad SMARTS) is 2. The standard InChI is InChI=1S/C8H14O4.Ag/c9-7(10)5-3-1-2-4-6-8(11)12;/h1-6H2,(H,9,10)(H,11,12);/p-2. The molecule has 0 aliphatic rings. The van der Waals surface area contributed by atoms with Crippen molar-refractivity contribution >= 4 is 11.9 Å². The number of rotatable bonds is 7. The molecule has 13 heavy (non-hydrogen) atoms. The van der Waals surface area contributed by atoms with Crippen LogP contribution in [0.15, 0.2) is 0 Å². The first-order chi connectivity index (χ1) is 5.63. The zero-order chi connectivity index (χ0) is 9.40. The molecule has 0 saturated heterocycles. The van der Waals surface area contributed by atoms with Crippen LogP contribution in [0.5, 0.6) is 0 Å². The zero-order valence-electron chi connectivity index (χ0n) is 7.18. The average molecular weight is 280 g/mol. The molecule has 0 atom stereocenters. The molecule has 0 aliphatic carbocycles. The number of carboxylic acids is 2. The van der Waals surface area contributed by atoms with Gasteiger partial charge in [-0.15, -0.1) is 0 Å². The Morgan fingerprint density at radius 3 is 1.31 bits per heavy atom. The minimum atomic E-state index is -1.05. The summed E-state index contributed by atoms with van der Waals surface area (Å²) < 4.78 is 0. The van der Waals surface area contributed by atoms with Crippen LogP contribution in [0.3, 0.4) is 0 Å². The first kappa shape index (κ1) is 15.2. The molecule has 0 aromatic heterocycles. The maximum Gasteiger partial charge on any atom is 0.0414 e. The SMILES string of the molecule is O=C([O-])CCCCCCC(=O)[O-].[Ag]. The smallest absolute Gasteiger partial charge is 0.0414 e. The second kappa shape index (κ2) is 9.77. The van der Waals surface area contributed by atoms with Gasteiger partial charge in [-0.3, -0.25) is 0 Å². The molecular formula is C8H12AgO4-2. The third-order valence-corrected chi connectivity index (χ3v) is 1.51. The summed E-state index contributed by atoms with van der Waals surface area (Å²) in [6.45, 7) is 0. The van der Waals surface area contributed by atoms with E-state index in [0.29, 0.717) is 12.8 Å². The Hall–Kier alpha value is -0.320. The Bertz CT molecular complexity index is 140. The number of hydrogen-bond acceptors (Lipinski definition) is 4. The molecule has 0 bridgehead atoms. The molecule has 0 unspecified atom stereocenters. The second-order valence-corrected chi connectivity index (χ2v) is 2.66. The fourth-order valence-electron chi connectivity index (χ4n) is 0.892. The summed E-state index contributed by atoms with van der Waals surface area (Å²) in [4.78, 5) is 19.8. The average Bonchev–Trinajstić information content (AvgIpc) is 1.95. The molecule has 1 radical (unpaired) electrons. The van der Waals surface area contributed by atoms with Crippen LogP contribution in [0.1, 0.15) is 38.5 Å². The van der Waals surface area contributed by atoms with E-state index in [0.717, 1.165) is 12.8 Å². The quantitative estimate of drug-likeness (QED) is 0.434. The van der Waals surface area contributed by atoms with Crippen LogP contribution in [0, 0.1) is 0 Å². The molecule has 0 aromatic rings. The predicted octanol–water partition coefficient (Wildman–Crippen LogP) is -1.18. The third kappa shape index (κ3) is 14.5. The van der Waals surface area contributed by atoms with Gasteiger partial charge in [-0.05, 0) is 25.7 Å². The molecule has 0 amide bonds. The molecule has 0 spiro atoms. The van der Waals surface area contributed by atoms with Crippen LogP contribution in [0.2, 0.25) is 0 Å². The van der Waals surface area contributed by atoms with Gasteiger partial charge in [0.25, 0.3) is 0 Å². The van der Waals surface area contributed by atoms with Gasteiger partial charge in [-0.1, -0.05) is 12.8 Å². The Morgan fingerprint density at radius 1 is 0.769 bits per heavy atom. The third-order valence-electron chi connectivity index (χ3n) is 1.51. The molecule has 0 fully saturated rings. The number of carbonyl (C=O) groups is 2. The van der Waals surface area contributed by atoms with Crippen molar-refractivity contribution in [3.05, 3.63) is 0 Å². The molecule has 0 aliphatic heterocycles. The molecule has 0 rings (SSSR count). The molecule has 81 valence electrons. The van der Waals surface area contributed by atoms with Crippen molar-refractivity contribution in [3.8, 4) is 0 Å². The molecule has 0 aromatic carbocycles. The van der Waals surface area contributed by atoms with Crippen molar-refractivity contribution in [2.45, 2.75) is 38.5 Å². The Balaban J connectivity index is 0. The Morgan fingerprint density at radius 2 is 1.08 bits per heavy atom. The van der Waals surface area contributed by atoms with Gasteiger partial charge in [0.15, 0.2) is 0 Å². The van der Waals surface area contributed by atoms with Crippen molar-refractivity contribution in [2.24, 2.45) is 0 Å². The number of hydrogen-bond donors (Lipinski definition) is 0. The number of unbranched alkanes of at least 4 members (excludes halogenated alkanes) is 3. The zero-order valence-corrected chi connectivity index (χ0v) is 8.66. The molecule has 0 heterocycles. The van der Waals surface area contributed by atoms with Crippen LogP contribution in [0.25, 0.3) is 0 Å². The van der Waals surface area contributed by atoms with Crippen molar-refractivity contribution in [1.29, 1.82) is 0 Å². The summed E-state index contributed by atoms with van der Waals surface area (Å²) in [6, 6.07) is 0. The second-order valence-electron chi connectivity index (χ2n) is 2.66. The van der Waals surface area contributed by atoms with E-state index in [4.69, 9.17) is 0 Å². The fourth-order valence-corrected chi connectivity index (χ4v) is 0.892. The van der Waals surface area contributed by atoms with Crippen molar-refractivity contribution in [1.82, 2.24) is 0 Å². The van der Waals surface area contributed by atoms with Crippen LogP contribution < -0.4 is 10.2 Å². The summed E-state index contributed by atoms with van der Waals surface area (Å²) in [5.41, 5.74) is 0. The van der Waals surface area contributed by atoms with Crippen molar-refractivity contribution in [2.75, 3.05) is 0 Å². The molecule has 0 saturated carbocycles. The normalized spacial score (nSPS) is 8.92. The predicted molar refractivity (Wildman–Crippen MR) is 37.7 cm³/mol. The number of aliphatic carboxylic acids is 2. The van der Waals surface area contributed by atoms with Crippen LogP contribution >= 0.6 is 0 Å². The van der Waals surface area contributed by atoms with E-state index in [1.807, 2.05) is 0 Å². The van der Waals surface area contributed by atoms with E-state index in [2.05, 4.69) is 0 Å². The summed E-state index contributed by atoms with van der Waals surface area (Å²) in [5, 5.41) is 19.8. The van der Waals surface area contributed by atoms with Gasteiger partial charge in [-0.25, -0.2) is 0 Å². The Kier molecular flexibility index (Phi) is 11.4. The van der Waals surface area contributed by atoms with Crippen molar-refractivity contribution < 1.29 is 42.2 Å². The molecular weight excluding hydrogens is 268 g/mol. The van der Waals surface area contributed by atoms with E-state index in [9.17, 15) is 19.8 Å². The summed E-state index contributed by atoms with van der Waals surface area (Å²) in [7, 11) is 0. The summed E-state index contributed by atoms with van der Waals surface area (Å²) in [5.74, 6) is -2.09. The van der Waals surface area contributed by atoms with Crippen LogP contribution in [0.4, 0.5) is 0 Å². The molecule has 0 N–H and O–H groups in total. The van der Waals surface area contributed by atoms with Gasteiger partial charge >= 0.3 is 0 Å². The summed E-state index contributed by atoms with van der Waals surface area (Å²) >= 11 is 0. The van der Waals surface area contributed by atoms with Gasteiger partial charge in [0.05, 0.1) is 0 Å².